The fraction of sp³-hybridized carbons (Fsp3) is 0.320. The number of rotatable bonds is 1. The summed E-state index contributed by atoms with van der Waals surface area (Å²) in [5.41, 5.74) is 8.44. The van der Waals surface area contributed by atoms with Gasteiger partial charge in [0.15, 0.2) is 0 Å². The van der Waals surface area contributed by atoms with Gasteiger partial charge in [0.25, 0.3) is 0 Å². The van der Waals surface area contributed by atoms with Gasteiger partial charge in [-0.2, -0.15) is 0 Å². The smallest absolute Gasteiger partial charge is 0.211 e. The van der Waals surface area contributed by atoms with E-state index in [1.807, 2.05) is 0 Å². The molecule has 130 valence electrons. The minimum absolute atomic E-state index is 0.0958. The molecule has 0 spiro atoms. The molecule has 0 bridgehead atoms. The zero-order chi connectivity index (χ0) is 17.7. The molecule has 2 aliphatic rings. The third-order valence-corrected chi connectivity index (χ3v) is 6.17. The molecule has 5 rings (SSSR count). The van der Waals surface area contributed by atoms with Crippen LogP contribution in [0.3, 0.4) is 0 Å². The summed E-state index contributed by atoms with van der Waals surface area (Å²) in [5.74, 6) is 2.32. The van der Waals surface area contributed by atoms with Gasteiger partial charge in [-0.25, -0.2) is 4.42 Å². The molecule has 26 heavy (non-hydrogen) atoms. The Morgan fingerprint density at radius 2 is 1.58 bits per heavy atom. The maximum atomic E-state index is 6.73. The number of fused-ring (bicyclic) bond motifs is 4. The summed E-state index contributed by atoms with van der Waals surface area (Å²) in [6.07, 6.45) is 5.72. The lowest BCUT2D eigenvalue weighted by molar-refractivity contribution is 0.325. The van der Waals surface area contributed by atoms with Gasteiger partial charge in [-0.05, 0) is 63.1 Å². The van der Waals surface area contributed by atoms with Crippen molar-refractivity contribution in [2.24, 2.45) is 0 Å². The summed E-state index contributed by atoms with van der Waals surface area (Å²) in [7, 11) is 0. The standard InChI is InChI=1S/C25H25O/c1-25(2)16-8-13-21-22(18-10-4-3-5-11-18)20-15-14-17-9-6-7-12-19(17)23(20)26-24(21)25/h3-7,9-12H,8,13-16H2,1-2H3/q+1. The molecule has 0 unspecified atom stereocenters. The SMILES string of the molecule is CC1(C)CCCc2c1[o+]c1c(c2-c2ccccc2)CCc2ccccc2-1. The summed E-state index contributed by atoms with van der Waals surface area (Å²) in [6.45, 7) is 4.68. The van der Waals surface area contributed by atoms with Crippen molar-refractivity contribution in [3.05, 3.63) is 77.0 Å². The average Bonchev–Trinajstić information content (AvgIpc) is 2.67. The van der Waals surface area contributed by atoms with E-state index in [-0.39, 0.29) is 5.41 Å². The lowest BCUT2D eigenvalue weighted by Gasteiger charge is -2.28. The third kappa shape index (κ3) is 2.34. The molecule has 1 nitrogen and oxygen atoms in total. The largest absolute Gasteiger partial charge is 0.364 e. The van der Waals surface area contributed by atoms with Crippen molar-refractivity contribution in [2.75, 3.05) is 0 Å². The highest BCUT2D eigenvalue weighted by molar-refractivity contribution is 5.81. The lowest BCUT2D eigenvalue weighted by Crippen LogP contribution is -2.25. The van der Waals surface area contributed by atoms with Crippen LogP contribution in [0.25, 0.3) is 22.5 Å². The van der Waals surface area contributed by atoms with E-state index in [0.29, 0.717) is 0 Å². The first-order valence-corrected chi connectivity index (χ1v) is 9.81. The molecule has 0 saturated heterocycles. The van der Waals surface area contributed by atoms with Crippen molar-refractivity contribution in [1.29, 1.82) is 0 Å². The van der Waals surface area contributed by atoms with Gasteiger partial charge >= 0.3 is 11.5 Å². The molecule has 0 fully saturated rings. The summed E-state index contributed by atoms with van der Waals surface area (Å²) < 4.78 is 6.73. The van der Waals surface area contributed by atoms with Gasteiger partial charge in [0.2, 0.25) is 0 Å². The molecule has 0 saturated carbocycles. The molecule has 0 radical (unpaired) electrons. The molecule has 2 aliphatic carbocycles. The molecule has 3 aromatic rings. The van der Waals surface area contributed by atoms with Gasteiger partial charge in [-0.15, -0.1) is 0 Å². The fourth-order valence-corrected chi connectivity index (χ4v) is 4.87. The van der Waals surface area contributed by atoms with Gasteiger partial charge in [-0.3, -0.25) is 0 Å². The Labute approximate surface area is 155 Å². The number of aryl methyl sites for hydroxylation is 1. The second kappa shape index (κ2) is 5.81. The van der Waals surface area contributed by atoms with Gasteiger partial charge in [0.1, 0.15) is 0 Å². The van der Waals surface area contributed by atoms with E-state index >= 15 is 0 Å². The highest BCUT2D eigenvalue weighted by atomic mass is 16.3. The molecule has 1 heteroatoms. The molecule has 0 N–H and O–H groups in total. The molecular formula is C25H25O+. The highest BCUT2D eigenvalue weighted by Crippen LogP contribution is 2.48. The van der Waals surface area contributed by atoms with Crippen LogP contribution in [0.5, 0.6) is 0 Å². The quantitative estimate of drug-likeness (QED) is 0.453. The topological polar surface area (TPSA) is 11.3 Å². The predicted octanol–water partition coefficient (Wildman–Crippen LogP) is 6.61. The monoisotopic (exact) mass is 341 g/mol. The fourth-order valence-electron chi connectivity index (χ4n) is 4.87. The zero-order valence-electron chi connectivity index (χ0n) is 15.6. The first-order valence-electron chi connectivity index (χ1n) is 9.81. The van der Waals surface area contributed by atoms with E-state index in [9.17, 15) is 0 Å². The Balaban J connectivity index is 1.88. The second-order valence-electron chi connectivity index (χ2n) is 8.35. The Kier molecular flexibility index (Phi) is 3.53. The van der Waals surface area contributed by atoms with Crippen molar-refractivity contribution in [3.8, 4) is 22.5 Å². The van der Waals surface area contributed by atoms with Gasteiger partial charge in [0, 0.05) is 5.56 Å². The normalized spacial score (nSPS) is 17.2. The van der Waals surface area contributed by atoms with Crippen LogP contribution >= 0.6 is 0 Å². The van der Waals surface area contributed by atoms with E-state index in [4.69, 9.17) is 4.42 Å². The third-order valence-electron chi connectivity index (χ3n) is 6.17. The lowest BCUT2D eigenvalue weighted by atomic mass is 9.73. The van der Waals surface area contributed by atoms with E-state index < -0.39 is 0 Å². The van der Waals surface area contributed by atoms with Gasteiger partial charge < -0.3 is 0 Å². The maximum absolute atomic E-state index is 6.73. The Morgan fingerprint density at radius 3 is 2.42 bits per heavy atom. The maximum Gasteiger partial charge on any atom is 0.364 e. The number of hydrogen-bond acceptors (Lipinski definition) is 0. The number of benzene rings is 2. The second-order valence-corrected chi connectivity index (χ2v) is 8.35. The Bertz CT molecular complexity index is 983. The molecule has 1 heterocycles. The van der Waals surface area contributed by atoms with Crippen LogP contribution in [-0.2, 0) is 24.7 Å². The van der Waals surface area contributed by atoms with E-state index in [1.54, 1.807) is 0 Å². The number of hydrogen-bond donors (Lipinski definition) is 0. The first-order chi connectivity index (χ1) is 12.6. The van der Waals surface area contributed by atoms with Crippen molar-refractivity contribution < 1.29 is 4.42 Å². The van der Waals surface area contributed by atoms with Crippen LogP contribution in [0.2, 0.25) is 0 Å². The predicted molar refractivity (Wildman–Crippen MR) is 107 cm³/mol. The van der Waals surface area contributed by atoms with Crippen LogP contribution < -0.4 is 0 Å². The van der Waals surface area contributed by atoms with Gasteiger partial charge in [0.05, 0.1) is 22.1 Å². The van der Waals surface area contributed by atoms with Crippen molar-refractivity contribution in [3.63, 3.8) is 0 Å². The van der Waals surface area contributed by atoms with Crippen molar-refractivity contribution >= 4 is 0 Å². The summed E-state index contributed by atoms with van der Waals surface area (Å²) >= 11 is 0. The molecule has 0 atom stereocenters. The molecule has 0 aliphatic heterocycles. The minimum atomic E-state index is 0.0958. The summed E-state index contributed by atoms with van der Waals surface area (Å²) in [4.78, 5) is 0. The van der Waals surface area contributed by atoms with E-state index in [1.165, 1.54) is 52.0 Å². The van der Waals surface area contributed by atoms with Crippen molar-refractivity contribution in [1.82, 2.24) is 0 Å². The van der Waals surface area contributed by atoms with E-state index in [0.717, 1.165) is 25.0 Å². The minimum Gasteiger partial charge on any atom is -0.211 e. The summed E-state index contributed by atoms with van der Waals surface area (Å²) in [6, 6.07) is 19.7. The van der Waals surface area contributed by atoms with Crippen LogP contribution in [0, 0.1) is 0 Å². The summed E-state index contributed by atoms with van der Waals surface area (Å²) in [5, 5.41) is 0. The van der Waals surface area contributed by atoms with E-state index in [2.05, 4.69) is 68.4 Å². The molecule has 0 amide bonds. The van der Waals surface area contributed by atoms with Gasteiger partial charge in [-0.1, -0.05) is 48.5 Å². The average molecular weight is 341 g/mol. The highest BCUT2D eigenvalue weighted by Gasteiger charge is 2.43. The Hall–Kier alpha value is -2.41. The van der Waals surface area contributed by atoms with Crippen LogP contribution in [0.1, 0.15) is 49.1 Å². The van der Waals surface area contributed by atoms with Crippen LogP contribution in [0.4, 0.5) is 0 Å². The first kappa shape index (κ1) is 15.8. The Morgan fingerprint density at radius 1 is 0.808 bits per heavy atom. The van der Waals surface area contributed by atoms with Crippen LogP contribution in [0.15, 0.2) is 59.0 Å². The zero-order valence-corrected chi connectivity index (χ0v) is 15.6. The molecular weight excluding hydrogens is 316 g/mol. The molecule has 2 aromatic carbocycles. The van der Waals surface area contributed by atoms with Crippen LogP contribution in [-0.4, -0.2) is 0 Å². The van der Waals surface area contributed by atoms with Crippen molar-refractivity contribution in [2.45, 2.75) is 51.4 Å². The molecule has 1 aromatic heterocycles.